The first-order chi connectivity index (χ1) is 9.65. The van der Waals surface area contributed by atoms with E-state index in [0.29, 0.717) is 19.4 Å². The van der Waals surface area contributed by atoms with Gasteiger partial charge in [-0.15, -0.1) is 0 Å². The molecule has 0 saturated heterocycles. The minimum atomic E-state index is -1.01. The summed E-state index contributed by atoms with van der Waals surface area (Å²) >= 11 is 0. The van der Waals surface area contributed by atoms with Crippen LogP contribution < -0.4 is 4.90 Å². The van der Waals surface area contributed by atoms with E-state index in [9.17, 15) is 10.1 Å². The number of hydrogen-bond acceptors (Lipinski definition) is 3. The number of amides is 1. The van der Waals surface area contributed by atoms with E-state index < -0.39 is 5.41 Å². The monoisotopic (exact) mass is 269 g/mol. The minimum absolute atomic E-state index is 0.216. The molecule has 0 bridgehead atoms. The van der Waals surface area contributed by atoms with Gasteiger partial charge in [0, 0.05) is 12.2 Å². The van der Waals surface area contributed by atoms with Gasteiger partial charge in [0.05, 0.1) is 18.6 Å². The molecule has 104 valence electrons. The van der Waals surface area contributed by atoms with Gasteiger partial charge in [-0.25, -0.2) is 0 Å². The Morgan fingerprint density at radius 2 is 1.80 bits per heavy atom. The third-order valence-corrected chi connectivity index (χ3v) is 3.59. The lowest BCUT2D eigenvalue weighted by molar-refractivity contribution is -0.125. The Morgan fingerprint density at radius 1 is 1.20 bits per heavy atom. The lowest BCUT2D eigenvalue weighted by Crippen LogP contribution is -2.43. The molecule has 0 aliphatic heterocycles. The summed E-state index contributed by atoms with van der Waals surface area (Å²) in [5.74, 6) is -0.216. The number of carbonyl (C=O) groups is 1. The Morgan fingerprint density at radius 3 is 2.25 bits per heavy atom. The lowest BCUT2D eigenvalue weighted by atomic mass is 9.82. The molecule has 4 heteroatoms. The number of rotatable bonds is 6. The van der Waals surface area contributed by atoms with Gasteiger partial charge in [-0.1, -0.05) is 32.0 Å². The molecule has 1 rings (SSSR count). The van der Waals surface area contributed by atoms with Gasteiger partial charge in [0.25, 0.3) is 0 Å². The zero-order valence-corrected chi connectivity index (χ0v) is 12.0. The Hall–Kier alpha value is -2.33. The number of nitrogens with zero attached hydrogens (tertiary/aromatic N) is 3. The maximum absolute atomic E-state index is 12.8. The molecule has 0 atom stereocenters. The van der Waals surface area contributed by atoms with Gasteiger partial charge < -0.3 is 4.90 Å². The van der Waals surface area contributed by atoms with Crippen LogP contribution in [0, 0.1) is 28.1 Å². The van der Waals surface area contributed by atoms with E-state index in [0.717, 1.165) is 5.69 Å². The smallest absolute Gasteiger partial charge is 0.247 e. The normalized spacial score (nSPS) is 10.4. The predicted octanol–water partition coefficient (Wildman–Crippen LogP) is 3.26. The summed E-state index contributed by atoms with van der Waals surface area (Å²) in [5, 5.41) is 18.2. The first-order valence-electron chi connectivity index (χ1n) is 6.80. The van der Waals surface area contributed by atoms with E-state index in [4.69, 9.17) is 5.26 Å². The van der Waals surface area contributed by atoms with E-state index in [1.54, 1.807) is 4.90 Å². The van der Waals surface area contributed by atoms with E-state index >= 15 is 0 Å². The van der Waals surface area contributed by atoms with Crippen LogP contribution in [0.2, 0.25) is 0 Å². The third kappa shape index (κ3) is 3.16. The molecule has 0 aromatic heterocycles. The number of benzene rings is 1. The Bertz CT molecular complexity index is 521. The van der Waals surface area contributed by atoms with Gasteiger partial charge in [-0.3, -0.25) is 4.79 Å². The average Bonchev–Trinajstić information content (AvgIpc) is 2.51. The summed E-state index contributed by atoms with van der Waals surface area (Å²) in [7, 11) is 0. The second-order valence-corrected chi connectivity index (χ2v) is 4.60. The van der Waals surface area contributed by atoms with Crippen LogP contribution in [0.15, 0.2) is 30.3 Å². The molecule has 0 fully saturated rings. The van der Waals surface area contributed by atoms with Gasteiger partial charge in [0.2, 0.25) is 5.91 Å². The fourth-order valence-electron chi connectivity index (χ4n) is 2.13. The van der Waals surface area contributed by atoms with Crippen molar-refractivity contribution in [1.82, 2.24) is 0 Å². The van der Waals surface area contributed by atoms with Gasteiger partial charge in [0.1, 0.15) is 5.41 Å². The van der Waals surface area contributed by atoms with E-state index in [1.807, 2.05) is 44.2 Å². The highest BCUT2D eigenvalue weighted by molar-refractivity contribution is 5.99. The van der Waals surface area contributed by atoms with Crippen LogP contribution >= 0.6 is 0 Å². The summed E-state index contributed by atoms with van der Waals surface area (Å²) < 4.78 is 0. The van der Waals surface area contributed by atoms with E-state index in [2.05, 4.69) is 12.1 Å². The van der Waals surface area contributed by atoms with Crippen LogP contribution in [-0.4, -0.2) is 12.5 Å². The van der Waals surface area contributed by atoms with Crippen molar-refractivity contribution in [2.24, 2.45) is 5.41 Å². The average molecular weight is 269 g/mol. The van der Waals surface area contributed by atoms with Crippen molar-refractivity contribution in [3.05, 3.63) is 30.3 Å². The zero-order valence-electron chi connectivity index (χ0n) is 12.0. The van der Waals surface area contributed by atoms with Crippen LogP contribution in [0.4, 0.5) is 5.69 Å². The van der Waals surface area contributed by atoms with Gasteiger partial charge >= 0.3 is 0 Å². The first kappa shape index (κ1) is 15.7. The highest BCUT2D eigenvalue weighted by atomic mass is 16.2. The van der Waals surface area contributed by atoms with Crippen molar-refractivity contribution >= 4 is 11.6 Å². The van der Waals surface area contributed by atoms with Crippen LogP contribution in [0.5, 0.6) is 0 Å². The van der Waals surface area contributed by atoms with Gasteiger partial charge in [-0.2, -0.15) is 10.5 Å². The summed E-state index contributed by atoms with van der Waals surface area (Å²) in [5.41, 5.74) is -0.278. The number of nitriles is 2. The molecular weight excluding hydrogens is 250 g/mol. The topological polar surface area (TPSA) is 67.9 Å². The molecule has 1 aromatic carbocycles. The zero-order chi connectivity index (χ0) is 15.0. The SMILES string of the molecule is CCC(C#N)(CC)C(=O)N(CCC#N)c1ccccc1. The maximum Gasteiger partial charge on any atom is 0.247 e. The molecule has 1 amide bonds. The standard InChI is InChI=1S/C16H19N3O/c1-3-16(4-2,13-18)15(20)19(12-8-11-17)14-9-6-5-7-10-14/h5-7,9-10H,3-4,8,12H2,1-2H3. The molecule has 4 nitrogen and oxygen atoms in total. The fraction of sp³-hybridized carbons (Fsp3) is 0.438. The van der Waals surface area contributed by atoms with E-state index in [-0.39, 0.29) is 12.3 Å². The molecule has 0 N–H and O–H groups in total. The Kier molecular flexibility index (Phi) is 5.74. The number of hydrogen-bond donors (Lipinski definition) is 0. The first-order valence-corrected chi connectivity index (χ1v) is 6.80. The second-order valence-electron chi connectivity index (χ2n) is 4.60. The molecule has 0 aliphatic carbocycles. The van der Waals surface area contributed by atoms with Crippen LogP contribution in [-0.2, 0) is 4.79 Å². The summed E-state index contributed by atoms with van der Waals surface area (Å²) in [6, 6.07) is 13.4. The number of para-hydroxylation sites is 1. The van der Waals surface area contributed by atoms with Crippen molar-refractivity contribution in [1.29, 1.82) is 10.5 Å². The molecule has 0 spiro atoms. The largest absolute Gasteiger partial charge is 0.310 e. The van der Waals surface area contributed by atoms with Crippen molar-refractivity contribution < 1.29 is 4.79 Å². The number of anilines is 1. The van der Waals surface area contributed by atoms with E-state index in [1.165, 1.54) is 0 Å². The molecule has 0 radical (unpaired) electrons. The predicted molar refractivity (Wildman–Crippen MR) is 77.7 cm³/mol. The summed E-state index contributed by atoms with van der Waals surface area (Å²) in [6.45, 7) is 4.00. The lowest BCUT2D eigenvalue weighted by Gasteiger charge is -2.30. The maximum atomic E-state index is 12.8. The van der Waals surface area contributed by atoms with Crippen LogP contribution in [0.3, 0.4) is 0 Å². The molecular formula is C16H19N3O. The van der Waals surface area contributed by atoms with Crippen molar-refractivity contribution in [2.75, 3.05) is 11.4 Å². The Balaban J connectivity index is 3.15. The quantitative estimate of drug-likeness (QED) is 0.796. The van der Waals surface area contributed by atoms with Crippen molar-refractivity contribution in [3.63, 3.8) is 0 Å². The van der Waals surface area contributed by atoms with Crippen LogP contribution in [0.25, 0.3) is 0 Å². The van der Waals surface area contributed by atoms with Crippen molar-refractivity contribution in [3.8, 4) is 12.1 Å². The van der Waals surface area contributed by atoms with Crippen LogP contribution in [0.1, 0.15) is 33.1 Å². The third-order valence-electron chi connectivity index (χ3n) is 3.59. The fourth-order valence-corrected chi connectivity index (χ4v) is 2.13. The molecule has 20 heavy (non-hydrogen) atoms. The summed E-state index contributed by atoms with van der Waals surface area (Å²) in [6.07, 6.45) is 1.18. The molecule has 0 heterocycles. The Labute approximate surface area is 120 Å². The molecule has 1 aromatic rings. The highest BCUT2D eigenvalue weighted by Crippen LogP contribution is 2.30. The van der Waals surface area contributed by atoms with Gasteiger partial charge in [0.15, 0.2) is 0 Å². The molecule has 0 saturated carbocycles. The molecule has 0 unspecified atom stereocenters. The molecule has 0 aliphatic rings. The highest BCUT2D eigenvalue weighted by Gasteiger charge is 2.38. The summed E-state index contributed by atoms with van der Waals surface area (Å²) in [4.78, 5) is 14.3. The van der Waals surface area contributed by atoms with Gasteiger partial charge in [-0.05, 0) is 25.0 Å². The van der Waals surface area contributed by atoms with Crippen molar-refractivity contribution in [2.45, 2.75) is 33.1 Å². The number of carbonyl (C=O) groups excluding carboxylic acids is 1. The second kappa shape index (κ2) is 7.31. The minimum Gasteiger partial charge on any atom is -0.310 e.